The van der Waals surface area contributed by atoms with Crippen LogP contribution >= 0.6 is 11.6 Å². The Morgan fingerprint density at radius 3 is 2.94 bits per heavy atom. The molecule has 1 aromatic rings. The smallest absolute Gasteiger partial charge is 0.254 e. The zero-order valence-electron chi connectivity index (χ0n) is 8.67. The number of hydrogen-bond acceptors (Lipinski definition) is 3. The van der Waals surface area contributed by atoms with Crippen LogP contribution in [0.4, 0.5) is 10.1 Å². The van der Waals surface area contributed by atoms with Crippen LogP contribution in [0.1, 0.15) is 0 Å². The molecule has 1 rings (SSSR count). The first-order chi connectivity index (χ1) is 7.60. The van der Waals surface area contributed by atoms with Crippen LogP contribution in [0.5, 0.6) is 0 Å². The number of carbonyl (C=O) groups is 1. The van der Waals surface area contributed by atoms with Gasteiger partial charge in [0.2, 0.25) is 0 Å². The minimum absolute atomic E-state index is 0.00741. The molecule has 1 atom stereocenters. The maximum Gasteiger partial charge on any atom is 0.254 e. The average Bonchev–Trinajstić information content (AvgIpc) is 2.26. The van der Waals surface area contributed by atoms with Gasteiger partial charge in [-0.05, 0) is 12.1 Å². The molecule has 0 aromatic heterocycles. The fourth-order valence-electron chi connectivity index (χ4n) is 1.12. The molecule has 0 saturated heterocycles. The molecular formula is C10H12ClFN2O2. The highest BCUT2D eigenvalue weighted by atomic mass is 35.5. The van der Waals surface area contributed by atoms with Crippen LogP contribution in [0.2, 0.25) is 5.02 Å². The Hall–Kier alpha value is -1.17. The van der Waals surface area contributed by atoms with Gasteiger partial charge in [0.1, 0.15) is 6.10 Å². The van der Waals surface area contributed by atoms with Crippen molar-refractivity contribution in [3.63, 3.8) is 0 Å². The number of carbonyl (C=O) groups excluding carboxylic acids is 1. The van der Waals surface area contributed by atoms with Gasteiger partial charge >= 0.3 is 0 Å². The van der Waals surface area contributed by atoms with Crippen molar-refractivity contribution in [1.29, 1.82) is 0 Å². The van der Waals surface area contributed by atoms with Gasteiger partial charge in [-0.1, -0.05) is 17.7 Å². The predicted molar refractivity (Wildman–Crippen MR) is 59.9 cm³/mol. The van der Waals surface area contributed by atoms with E-state index in [9.17, 15) is 9.18 Å². The third-order valence-corrected chi connectivity index (χ3v) is 2.29. The third kappa shape index (κ3) is 2.91. The topological polar surface area (TPSA) is 64.3 Å². The highest BCUT2D eigenvalue weighted by Crippen LogP contribution is 2.22. The van der Waals surface area contributed by atoms with Crippen LogP contribution in [-0.4, -0.2) is 25.7 Å². The first kappa shape index (κ1) is 12.9. The maximum absolute atomic E-state index is 13.4. The second kappa shape index (κ2) is 5.79. The number of amides is 1. The summed E-state index contributed by atoms with van der Waals surface area (Å²) in [5, 5.41) is 2.29. The Labute approximate surface area is 97.5 Å². The quantitative estimate of drug-likeness (QED) is 0.844. The van der Waals surface area contributed by atoms with Gasteiger partial charge in [0.15, 0.2) is 5.82 Å². The van der Waals surface area contributed by atoms with Gasteiger partial charge < -0.3 is 15.8 Å². The van der Waals surface area contributed by atoms with Gasteiger partial charge in [-0.15, -0.1) is 0 Å². The van der Waals surface area contributed by atoms with Gasteiger partial charge in [-0.25, -0.2) is 4.39 Å². The molecular weight excluding hydrogens is 235 g/mol. The van der Waals surface area contributed by atoms with E-state index in [1.54, 1.807) is 0 Å². The summed E-state index contributed by atoms with van der Waals surface area (Å²) in [6.45, 7) is 0.0184. The highest BCUT2D eigenvalue weighted by Gasteiger charge is 2.17. The summed E-state index contributed by atoms with van der Waals surface area (Å²) in [6.07, 6.45) is -0.807. The number of halogens is 2. The van der Waals surface area contributed by atoms with Crippen molar-refractivity contribution < 1.29 is 13.9 Å². The van der Waals surface area contributed by atoms with E-state index in [2.05, 4.69) is 5.32 Å². The zero-order chi connectivity index (χ0) is 12.1. The third-order valence-electron chi connectivity index (χ3n) is 2.00. The van der Waals surface area contributed by atoms with Crippen LogP contribution in [0.25, 0.3) is 0 Å². The molecule has 0 spiro atoms. The maximum atomic E-state index is 13.4. The van der Waals surface area contributed by atoms with E-state index in [1.165, 1.54) is 25.3 Å². The molecule has 1 amide bonds. The molecule has 0 bridgehead atoms. The number of anilines is 1. The van der Waals surface area contributed by atoms with Crippen LogP contribution in [-0.2, 0) is 9.53 Å². The summed E-state index contributed by atoms with van der Waals surface area (Å²) < 4.78 is 18.2. The van der Waals surface area contributed by atoms with E-state index in [0.717, 1.165) is 0 Å². The SMILES string of the molecule is COC(CN)C(=O)Nc1cccc(Cl)c1F. The van der Waals surface area contributed by atoms with Crippen LogP contribution in [0, 0.1) is 5.82 Å². The van der Waals surface area contributed by atoms with Gasteiger partial charge in [0.05, 0.1) is 10.7 Å². The van der Waals surface area contributed by atoms with E-state index in [0.29, 0.717) is 0 Å². The lowest BCUT2D eigenvalue weighted by Crippen LogP contribution is -2.36. The average molecular weight is 247 g/mol. The Morgan fingerprint density at radius 1 is 1.69 bits per heavy atom. The highest BCUT2D eigenvalue weighted by molar-refractivity contribution is 6.31. The number of nitrogens with two attached hydrogens (primary N) is 1. The molecule has 0 fully saturated rings. The van der Waals surface area contributed by atoms with Gasteiger partial charge in [0.25, 0.3) is 5.91 Å². The fourth-order valence-corrected chi connectivity index (χ4v) is 1.30. The van der Waals surface area contributed by atoms with Crippen LogP contribution in [0.15, 0.2) is 18.2 Å². The summed E-state index contributed by atoms with van der Waals surface area (Å²) in [5.41, 5.74) is 5.31. The summed E-state index contributed by atoms with van der Waals surface area (Å²) >= 11 is 5.56. The molecule has 1 aromatic carbocycles. The Morgan fingerprint density at radius 2 is 2.38 bits per heavy atom. The van der Waals surface area contributed by atoms with E-state index in [1.807, 2.05) is 0 Å². The standard InChI is InChI=1S/C10H12ClFN2O2/c1-16-8(5-13)10(15)14-7-4-2-3-6(11)9(7)12/h2-4,8H,5,13H2,1H3,(H,14,15). The molecule has 0 aliphatic carbocycles. The van der Waals surface area contributed by atoms with Crippen LogP contribution in [0.3, 0.4) is 0 Å². The van der Waals surface area contributed by atoms with Gasteiger partial charge in [-0.3, -0.25) is 4.79 Å². The first-order valence-corrected chi connectivity index (χ1v) is 4.95. The first-order valence-electron chi connectivity index (χ1n) is 4.58. The molecule has 0 radical (unpaired) electrons. The molecule has 1 unspecified atom stereocenters. The van der Waals surface area contributed by atoms with Crippen molar-refractivity contribution in [3.05, 3.63) is 29.0 Å². The van der Waals surface area contributed by atoms with Crippen molar-refractivity contribution in [2.45, 2.75) is 6.10 Å². The summed E-state index contributed by atoms with van der Waals surface area (Å²) in [4.78, 5) is 11.5. The van der Waals surface area contributed by atoms with Crippen molar-refractivity contribution >= 4 is 23.2 Å². The zero-order valence-corrected chi connectivity index (χ0v) is 9.42. The van der Waals surface area contributed by atoms with E-state index in [4.69, 9.17) is 22.1 Å². The lowest BCUT2D eigenvalue weighted by atomic mass is 10.2. The van der Waals surface area contributed by atoms with E-state index in [-0.39, 0.29) is 17.3 Å². The van der Waals surface area contributed by atoms with Crippen molar-refractivity contribution in [2.24, 2.45) is 5.73 Å². The Bertz CT molecular complexity index is 383. The van der Waals surface area contributed by atoms with E-state index < -0.39 is 17.8 Å². The minimum atomic E-state index is -0.807. The number of rotatable bonds is 4. The Balaban J connectivity index is 2.80. The minimum Gasteiger partial charge on any atom is -0.370 e. The number of methoxy groups -OCH3 is 1. The monoisotopic (exact) mass is 246 g/mol. The molecule has 4 nitrogen and oxygen atoms in total. The number of benzene rings is 1. The fraction of sp³-hybridized carbons (Fsp3) is 0.300. The lowest BCUT2D eigenvalue weighted by molar-refractivity contribution is -0.125. The molecule has 16 heavy (non-hydrogen) atoms. The lowest BCUT2D eigenvalue weighted by Gasteiger charge is -2.13. The molecule has 0 aliphatic heterocycles. The van der Waals surface area contributed by atoms with E-state index >= 15 is 0 Å². The molecule has 3 N–H and O–H groups in total. The number of ether oxygens (including phenoxy) is 1. The normalized spacial score (nSPS) is 12.2. The van der Waals surface area contributed by atoms with Crippen molar-refractivity contribution in [2.75, 3.05) is 19.0 Å². The largest absolute Gasteiger partial charge is 0.370 e. The van der Waals surface area contributed by atoms with Gasteiger partial charge in [0, 0.05) is 13.7 Å². The van der Waals surface area contributed by atoms with Crippen molar-refractivity contribution in [3.8, 4) is 0 Å². The number of hydrogen-bond donors (Lipinski definition) is 2. The molecule has 0 saturated carbocycles. The summed E-state index contributed by atoms with van der Waals surface area (Å²) in [6, 6.07) is 4.33. The van der Waals surface area contributed by atoms with Crippen molar-refractivity contribution in [1.82, 2.24) is 0 Å². The molecule has 6 heteroatoms. The Kier molecular flexibility index (Phi) is 4.67. The molecule has 0 aliphatic rings. The number of nitrogens with one attached hydrogen (secondary N) is 1. The predicted octanol–water partition coefficient (Wildman–Crippen LogP) is 1.39. The second-order valence-corrected chi connectivity index (χ2v) is 3.46. The molecule has 0 heterocycles. The summed E-state index contributed by atoms with van der Waals surface area (Å²) in [5.74, 6) is -1.18. The van der Waals surface area contributed by atoms with Gasteiger partial charge in [-0.2, -0.15) is 0 Å². The second-order valence-electron chi connectivity index (χ2n) is 3.05. The van der Waals surface area contributed by atoms with Crippen LogP contribution < -0.4 is 11.1 Å². The molecule has 88 valence electrons. The summed E-state index contributed by atoms with van der Waals surface area (Å²) in [7, 11) is 1.35.